The summed E-state index contributed by atoms with van der Waals surface area (Å²) < 4.78 is 13.7. The van der Waals surface area contributed by atoms with Gasteiger partial charge in [0.15, 0.2) is 0 Å². The maximum absolute atomic E-state index is 13.3. The summed E-state index contributed by atoms with van der Waals surface area (Å²) in [4.78, 5) is 5.84. The number of halogens is 2. The summed E-state index contributed by atoms with van der Waals surface area (Å²) in [6.07, 6.45) is 4.80. The SMILES string of the molecule is CC(C)(C)[C@@H]1CCc2c(sc(N=Cc3ccc(F)c(Br)c3)c2C#N)C1. The largest absolute Gasteiger partial charge is 0.244 e. The quantitative estimate of drug-likeness (QED) is 0.517. The molecule has 1 aromatic carbocycles. The highest BCUT2D eigenvalue weighted by Crippen LogP contribution is 2.44. The fourth-order valence-corrected chi connectivity index (χ4v) is 4.86. The molecule has 2 aromatic rings. The molecule has 1 atom stereocenters. The first-order chi connectivity index (χ1) is 11.8. The normalized spacial score (nSPS) is 17.5. The van der Waals surface area contributed by atoms with E-state index in [1.54, 1.807) is 29.7 Å². The van der Waals surface area contributed by atoms with E-state index in [9.17, 15) is 9.65 Å². The number of thiophene rings is 1. The molecule has 25 heavy (non-hydrogen) atoms. The molecule has 0 spiro atoms. The Morgan fingerprint density at radius 3 is 2.80 bits per heavy atom. The minimum absolute atomic E-state index is 0.276. The maximum Gasteiger partial charge on any atom is 0.137 e. The Morgan fingerprint density at radius 1 is 1.40 bits per heavy atom. The molecule has 1 heterocycles. The summed E-state index contributed by atoms with van der Waals surface area (Å²) in [6.45, 7) is 6.85. The molecule has 5 heteroatoms. The Morgan fingerprint density at radius 2 is 2.16 bits per heavy atom. The highest BCUT2D eigenvalue weighted by atomic mass is 79.9. The third-order valence-electron chi connectivity index (χ3n) is 4.86. The highest BCUT2D eigenvalue weighted by Gasteiger charge is 2.32. The third kappa shape index (κ3) is 3.86. The Hall–Kier alpha value is -1.51. The monoisotopic (exact) mass is 418 g/mol. The van der Waals surface area contributed by atoms with E-state index in [4.69, 9.17) is 0 Å². The van der Waals surface area contributed by atoms with E-state index < -0.39 is 0 Å². The lowest BCUT2D eigenvalue weighted by molar-refractivity contribution is 0.218. The first-order valence-corrected chi connectivity index (χ1v) is 9.94. The van der Waals surface area contributed by atoms with Gasteiger partial charge in [-0.15, -0.1) is 11.3 Å². The topological polar surface area (TPSA) is 36.1 Å². The zero-order valence-corrected chi connectivity index (χ0v) is 17.0. The van der Waals surface area contributed by atoms with Crippen molar-refractivity contribution >= 4 is 38.5 Å². The second kappa shape index (κ2) is 7.01. The van der Waals surface area contributed by atoms with E-state index in [-0.39, 0.29) is 11.2 Å². The van der Waals surface area contributed by atoms with Gasteiger partial charge in [-0.25, -0.2) is 9.38 Å². The van der Waals surface area contributed by atoms with Crippen molar-refractivity contribution in [2.24, 2.45) is 16.3 Å². The Kier molecular flexibility index (Phi) is 5.13. The fraction of sp³-hybridized carbons (Fsp3) is 0.400. The average molecular weight is 419 g/mol. The van der Waals surface area contributed by atoms with Crippen molar-refractivity contribution < 1.29 is 4.39 Å². The van der Waals surface area contributed by atoms with Gasteiger partial charge in [-0.05, 0) is 69.8 Å². The molecule has 0 aliphatic heterocycles. The molecule has 0 saturated carbocycles. The molecule has 0 unspecified atom stereocenters. The van der Waals surface area contributed by atoms with Crippen LogP contribution in [0, 0.1) is 28.5 Å². The van der Waals surface area contributed by atoms with Crippen LogP contribution >= 0.6 is 27.3 Å². The average Bonchev–Trinajstić information content (AvgIpc) is 2.91. The molecule has 2 nitrogen and oxygen atoms in total. The summed E-state index contributed by atoms with van der Waals surface area (Å²) >= 11 is 4.81. The minimum Gasteiger partial charge on any atom is -0.244 e. The number of nitriles is 1. The second-order valence-corrected chi connectivity index (χ2v) is 9.47. The van der Waals surface area contributed by atoms with Gasteiger partial charge in [0, 0.05) is 11.1 Å². The van der Waals surface area contributed by atoms with E-state index in [0.717, 1.165) is 29.8 Å². The number of rotatable bonds is 2. The highest BCUT2D eigenvalue weighted by molar-refractivity contribution is 9.10. The van der Waals surface area contributed by atoms with Gasteiger partial charge >= 0.3 is 0 Å². The van der Waals surface area contributed by atoms with Crippen molar-refractivity contribution in [3.63, 3.8) is 0 Å². The lowest BCUT2D eigenvalue weighted by Crippen LogP contribution is -2.26. The Labute approximate surface area is 160 Å². The van der Waals surface area contributed by atoms with Crippen molar-refractivity contribution in [2.75, 3.05) is 0 Å². The molecule has 130 valence electrons. The van der Waals surface area contributed by atoms with Gasteiger partial charge < -0.3 is 0 Å². The zero-order chi connectivity index (χ0) is 18.2. The third-order valence-corrected chi connectivity index (χ3v) is 6.63. The van der Waals surface area contributed by atoms with Crippen LogP contribution < -0.4 is 0 Å². The predicted molar refractivity (Wildman–Crippen MR) is 105 cm³/mol. The number of hydrogen-bond acceptors (Lipinski definition) is 3. The van der Waals surface area contributed by atoms with Crippen LogP contribution in [0.5, 0.6) is 0 Å². The molecule has 1 aliphatic carbocycles. The van der Waals surface area contributed by atoms with Crippen molar-refractivity contribution in [3.8, 4) is 6.07 Å². The molecule has 0 saturated heterocycles. The van der Waals surface area contributed by atoms with Gasteiger partial charge in [0.25, 0.3) is 0 Å². The molecule has 0 N–H and O–H groups in total. The number of aliphatic imine (C=N–C) groups is 1. The molecule has 0 fully saturated rings. The van der Waals surface area contributed by atoms with Gasteiger partial charge in [0.1, 0.15) is 16.9 Å². The van der Waals surface area contributed by atoms with Gasteiger partial charge in [-0.3, -0.25) is 0 Å². The maximum atomic E-state index is 13.3. The van der Waals surface area contributed by atoms with E-state index in [0.29, 0.717) is 16.0 Å². The number of hydrogen-bond donors (Lipinski definition) is 0. The van der Waals surface area contributed by atoms with Crippen molar-refractivity contribution in [2.45, 2.75) is 40.0 Å². The fourth-order valence-electron chi connectivity index (χ4n) is 3.24. The minimum atomic E-state index is -0.297. The van der Waals surface area contributed by atoms with Crippen LogP contribution in [0.15, 0.2) is 27.7 Å². The lowest BCUT2D eigenvalue weighted by atomic mass is 9.72. The van der Waals surface area contributed by atoms with Crippen molar-refractivity contribution in [3.05, 3.63) is 50.1 Å². The number of benzene rings is 1. The number of fused-ring (bicyclic) bond motifs is 1. The van der Waals surface area contributed by atoms with E-state index in [1.807, 2.05) is 0 Å². The van der Waals surface area contributed by atoms with Crippen LogP contribution in [0.2, 0.25) is 0 Å². The summed E-state index contributed by atoms with van der Waals surface area (Å²) in [5.41, 5.74) is 2.97. The van der Waals surface area contributed by atoms with Crippen molar-refractivity contribution in [1.82, 2.24) is 0 Å². The van der Waals surface area contributed by atoms with Crippen molar-refractivity contribution in [1.29, 1.82) is 5.26 Å². The smallest absolute Gasteiger partial charge is 0.137 e. The van der Waals surface area contributed by atoms with Gasteiger partial charge in [0.2, 0.25) is 0 Å². The van der Waals surface area contributed by atoms with Crippen LogP contribution in [0.1, 0.15) is 48.8 Å². The summed E-state index contributed by atoms with van der Waals surface area (Å²) in [7, 11) is 0. The predicted octanol–water partition coefficient (Wildman–Crippen LogP) is 6.42. The van der Waals surface area contributed by atoms with E-state index >= 15 is 0 Å². The molecule has 0 radical (unpaired) electrons. The summed E-state index contributed by atoms with van der Waals surface area (Å²) in [5, 5.41) is 10.4. The Bertz CT molecular complexity index is 871. The first-order valence-electron chi connectivity index (χ1n) is 8.33. The van der Waals surface area contributed by atoms with Crippen LogP contribution in [0.3, 0.4) is 0 Å². The molecular weight excluding hydrogens is 399 g/mol. The second-order valence-electron chi connectivity index (χ2n) is 7.53. The standard InChI is InChI=1S/C20H20BrFN2S/c1-20(2,3)13-5-6-14-15(10-23)19(25-18(14)9-13)24-11-12-4-7-17(22)16(21)8-12/h4,7-8,11,13H,5-6,9H2,1-3H3/t13-/m1/s1. The zero-order valence-electron chi connectivity index (χ0n) is 14.6. The van der Waals surface area contributed by atoms with Gasteiger partial charge in [-0.2, -0.15) is 5.26 Å². The van der Waals surface area contributed by atoms with E-state index in [2.05, 4.69) is 47.8 Å². The molecule has 0 bridgehead atoms. The van der Waals surface area contributed by atoms with Crippen LogP contribution in [0.25, 0.3) is 0 Å². The summed E-state index contributed by atoms with van der Waals surface area (Å²) in [5.74, 6) is 0.338. The molecule has 3 rings (SSSR count). The molecule has 0 amide bonds. The Balaban J connectivity index is 1.91. The summed E-state index contributed by atoms with van der Waals surface area (Å²) in [6, 6.07) is 7.12. The number of nitrogens with zero attached hydrogens (tertiary/aromatic N) is 2. The molecule has 1 aliphatic rings. The van der Waals surface area contributed by atoms with Crippen LogP contribution in [-0.4, -0.2) is 6.21 Å². The first kappa shape index (κ1) is 18.3. The lowest BCUT2D eigenvalue weighted by Gasteiger charge is -2.33. The van der Waals surface area contributed by atoms with Crippen LogP contribution in [0.4, 0.5) is 9.39 Å². The molecule has 1 aromatic heterocycles. The molecular formula is C20H20BrFN2S. The van der Waals surface area contributed by atoms with E-state index in [1.165, 1.54) is 16.5 Å². The van der Waals surface area contributed by atoms with Gasteiger partial charge in [-0.1, -0.05) is 26.8 Å². The van der Waals surface area contributed by atoms with Gasteiger partial charge in [0.05, 0.1) is 10.0 Å². The van der Waals surface area contributed by atoms with Crippen LogP contribution in [-0.2, 0) is 12.8 Å².